The molecule has 0 radical (unpaired) electrons. The molecule has 9 heteroatoms. The molecule has 0 saturated carbocycles. The minimum Gasteiger partial charge on any atom is -0.461 e. The van der Waals surface area contributed by atoms with Crippen LogP contribution in [0.1, 0.15) is 34.5 Å². The van der Waals surface area contributed by atoms with Crippen LogP contribution in [0, 0.1) is 0 Å². The Morgan fingerprint density at radius 2 is 2.00 bits per heavy atom. The van der Waals surface area contributed by atoms with Gasteiger partial charge in [-0.3, -0.25) is 9.59 Å². The van der Waals surface area contributed by atoms with Gasteiger partial charge >= 0.3 is 5.97 Å². The van der Waals surface area contributed by atoms with Crippen molar-refractivity contribution in [1.29, 1.82) is 0 Å². The summed E-state index contributed by atoms with van der Waals surface area (Å²) >= 11 is 0. The second-order valence-electron chi connectivity index (χ2n) is 5.36. The van der Waals surface area contributed by atoms with Crippen molar-refractivity contribution in [1.82, 2.24) is 19.4 Å². The first-order valence-electron chi connectivity index (χ1n) is 7.81. The van der Waals surface area contributed by atoms with Gasteiger partial charge in [0.2, 0.25) is 5.91 Å². The molecule has 9 nitrogen and oxygen atoms in total. The van der Waals surface area contributed by atoms with Crippen molar-refractivity contribution in [2.24, 2.45) is 14.1 Å². The molecule has 0 atom stereocenters. The number of amides is 2. The number of nitrogens with one attached hydrogen (secondary N) is 2. The molecule has 0 aliphatic heterocycles. The van der Waals surface area contributed by atoms with Crippen LogP contribution in [0.25, 0.3) is 0 Å². The summed E-state index contributed by atoms with van der Waals surface area (Å²) in [5.74, 6) is -0.791. The maximum absolute atomic E-state index is 12.0. The topological polar surface area (TPSA) is 107 Å². The number of ether oxygens (including phenoxy) is 1. The third kappa shape index (κ3) is 4.69. The van der Waals surface area contributed by atoms with Crippen LogP contribution < -0.4 is 10.6 Å². The van der Waals surface area contributed by atoms with Crippen LogP contribution in [-0.2, 0) is 23.6 Å². The van der Waals surface area contributed by atoms with E-state index in [0.29, 0.717) is 11.4 Å². The van der Waals surface area contributed by atoms with Gasteiger partial charge in [0.15, 0.2) is 5.82 Å². The average Bonchev–Trinajstić information content (AvgIpc) is 3.13. The van der Waals surface area contributed by atoms with Gasteiger partial charge in [0.05, 0.1) is 12.3 Å². The molecule has 2 heterocycles. The van der Waals surface area contributed by atoms with Crippen LogP contribution in [0.5, 0.6) is 0 Å². The number of esters is 1. The normalized spacial score (nSPS) is 10.4. The molecular formula is C16H21N5O4. The van der Waals surface area contributed by atoms with Crippen LogP contribution >= 0.6 is 0 Å². The Morgan fingerprint density at radius 3 is 2.64 bits per heavy atom. The number of carbonyl (C=O) groups excluding carboxylic acids is 3. The van der Waals surface area contributed by atoms with Gasteiger partial charge in [0.1, 0.15) is 5.69 Å². The van der Waals surface area contributed by atoms with E-state index < -0.39 is 5.97 Å². The zero-order chi connectivity index (χ0) is 18.4. The molecule has 2 N–H and O–H groups in total. The Kier molecular flexibility index (Phi) is 5.93. The predicted octanol–water partition coefficient (Wildman–Crippen LogP) is 0.694. The van der Waals surface area contributed by atoms with E-state index in [4.69, 9.17) is 4.74 Å². The molecule has 0 bridgehead atoms. The Morgan fingerprint density at radius 1 is 1.24 bits per heavy atom. The molecule has 0 unspecified atom stereocenters. The van der Waals surface area contributed by atoms with Crippen LogP contribution in [-0.4, -0.2) is 45.1 Å². The standard InChI is InChI=1S/C16H21N5O4/c1-4-25-16(24)12-9-11(10-21(12)3)19-13(22)5-6-18-15(23)14-17-7-8-20(14)2/h7-10H,4-6H2,1-3H3,(H,18,23)(H,19,22). The lowest BCUT2D eigenvalue weighted by molar-refractivity contribution is -0.116. The SMILES string of the molecule is CCOC(=O)c1cc(NC(=O)CCNC(=O)c2nccn2C)cn1C. The Hall–Kier alpha value is -3.10. The summed E-state index contributed by atoms with van der Waals surface area (Å²) in [5.41, 5.74) is 0.839. The molecular weight excluding hydrogens is 326 g/mol. The second-order valence-corrected chi connectivity index (χ2v) is 5.36. The molecule has 2 aromatic rings. The minimum absolute atomic E-state index is 0.0970. The minimum atomic E-state index is -0.451. The summed E-state index contributed by atoms with van der Waals surface area (Å²) < 4.78 is 8.11. The van der Waals surface area contributed by atoms with Crippen molar-refractivity contribution in [3.8, 4) is 0 Å². The van der Waals surface area contributed by atoms with Gasteiger partial charge in [-0.2, -0.15) is 0 Å². The van der Waals surface area contributed by atoms with Gasteiger partial charge in [-0.05, 0) is 13.0 Å². The second kappa shape index (κ2) is 8.13. The highest BCUT2D eigenvalue weighted by molar-refractivity contribution is 5.95. The molecule has 2 aromatic heterocycles. The van der Waals surface area contributed by atoms with E-state index >= 15 is 0 Å². The van der Waals surface area contributed by atoms with Crippen LogP contribution in [0.2, 0.25) is 0 Å². The van der Waals surface area contributed by atoms with Crippen molar-refractivity contribution < 1.29 is 19.1 Å². The van der Waals surface area contributed by atoms with Gasteiger partial charge in [-0.15, -0.1) is 0 Å². The van der Waals surface area contributed by atoms with E-state index in [2.05, 4.69) is 15.6 Å². The zero-order valence-electron chi connectivity index (χ0n) is 14.4. The summed E-state index contributed by atoms with van der Waals surface area (Å²) in [4.78, 5) is 39.5. The first kappa shape index (κ1) is 18.2. The maximum Gasteiger partial charge on any atom is 0.355 e. The first-order valence-corrected chi connectivity index (χ1v) is 7.81. The monoisotopic (exact) mass is 347 g/mol. The number of rotatable bonds is 7. The van der Waals surface area contributed by atoms with Crippen LogP contribution in [0.15, 0.2) is 24.7 Å². The highest BCUT2D eigenvalue weighted by atomic mass is 16.5. The van der Waals surface area contributed by atoms with Crippen molar-refractivity contribution >= 4 is 23.5 Å². The fourth-order valence-electron chi connectivity index (χ4n) is 2.22. The third-order valence-electron chi connectivity index (χ3n) is 3.44. The largest absolute Gasteiger partial charge is 0.461 e. The molecule has 0 aliphatic carbocycles. The molecule has 2 rings (SSSR count). The summed E-state index contributed by atoms with van der Waals surface area (Å²) in [6.07, 6.45) is 4.91. The van der Waals surface area contributed by atoms with Crippen molar-refractivity contribution in [2.75, 3.05) is 18.5 Å². The summed E-state index contributed by atoms with van der Waals surface area (Å²) in [6.45, 7) is 2.18. The fraction of sp³-hybridized carbons (Fsp3) is 0.375. The van der Waals surface area contributed by atoms with E-state index in [9.17, 15) is 14.4 Å². The first-order chi connectivity index (χ1) is 11.9. The molecule has 0 aliphatic rings. The quantitative estimate of drug-likeness (QED) is 0.717. The summed E-state index contributed by atoms with van der Waals surface area (Å²) in [7, 11) is 3.40. The van der Waals surface area contributed by atoms with Gasteiger partial charge in [-0.25, -0.2) is 9.78 Å². The smallest absolute Gasteiger partial charge is 0.355 e. The van der Waals surface area contributed by atoms with E-state index in [1.54, 1.807) is 48.6 Å². The summed E-state index contributed by atoms with van der Waals surface area (Å²) in [5, 5.41) is 5.31. The molecule has 0 saturated heterocycles. The van der Waals surface area contributed by atoms with Crippen LogP contribution in [0.3, 0.4) is 0 Å². The van der Waals surface area contributed by atoms with E-state index in [0.717, 1.165) is 0 Å². The lowest BCUT2D eigenvalue weighted by atomic mass is 10.3. The molecule has 0 aromatic carbocycles. The number of nitrogens with zero attached hydrogens (tertiary/aromatic N) is 3. The molecule has 0 spiro atoms. The lowest BCUT2D eigenvalue weighted by Gasteiger charge is -2.05. The van der Waals surface area contributed by atoms with Crippen molar-refractivity contribution in [3.63, 3.8) is 0 Å². The molecule has 25 heavy (non-hydrogen) atoms. The number of aromatic nitrogens is 3. The van der Waals surface area contributed by atoms with Crippen LogP contribution in [0.4, 0.5) is 5.69 Å². The summed E-state index contributed by atoms with van der Waals surface area (Å²) in [6, 6.07) is 1.54. The van der Waals surface area contributed by atoms with Crippen molar-refractivity contribution in [2.45, 2.75) is 13.3 Å². The number of hydrogen-bond acceptors (Lipinski definition) is 5. The molecule has 2 amide bonds. The molecule has 0 fully saturated rings. The zero-order valence-corrected chi connectivity index (χ0v) is 14.4. The van der Waals surface area contributed by atoms with E-state index in [-0.39, 0.29) is 37.2 Å². The van der Waals surface area contributed by atoms with E-state index in [1.807, 2.05) is 0 Å². The third-order valence-corrected chi connectivity index (χ3v) is 3.44. The predicted molar refractivity (Wildman–Crippen MR) is 90.2 cm³/mol. The van der Waals surface area contributed by atoms with E-state index in [1.165, 1.54) is 6.20 Å². The highest BCUT2D eigenvalue weighted by Crippen LogP contribution is 2.14. The fourth-order valence-corrected chi connectivity index (χ4v) is 2.22. The Balaban J connectivity index is 1.82. The Bertz CT molecular complexity index is 777. The number of anilines is 1. The Labute approximate surface area is 145 Å². The average molecular weight is 347 g/mol. The van der Waals surface area contributed by atoms with Gasteiger partial charge in [-0.1, -0.05) is 0 Å². The van der Waals surface area contributed by atoms with Crippen molar-refractivity contribution in [3.05, 3.63) is 36.2 Å². The van der Waals surface area contributed by atoms with Gasteiger partial charge in [0, 0.05) is 45.7 Å². The number of hydrogen-bond donors (Lipinski definition) is 2. The number of imidazole rings is 1. The molecule has 134 valence electrons. The lowest BCUT2D eigenvalue weighted by Crippen LogP contribution is -2.29. The van der Waals surface area contributed by atoms with Gasteiger partial charge < -0.3 is 24.5 Å². The maximum atomic E-state index is 12.0. The number of aryl methyl sites for hydroxylation is 2. The van der Waals surface area contributed by atoms with Gasteiger partial charge in [0.25, 0.3) is 5.91 Å². The highest BCUT2D eigenvalue weighted by Gasteiger charge is 2.14. The number of carbonyl (C=O) groups is 3.